The number of fused-ring (bicyclic) bond motifs is 2. The lowest BCUT2D eigenvalue weighted by Crippen LogP contribution is -2.67. The second-order valence-electron chi connectivity index (χ2n) is 8.57. The van der Waals surface area contributed by atoms with Crippen LogP contribution >= 0.6 is 11.3 Å². The molecule has 0 unspecified atom stereocenters. The van der Waals surface area contributed by atoms with Crippen LogP contribution in [0.1, 0.15) is 39.3 Å². The number of piperidine rings is 2. The molecule has 5 nitrogen and oxygen atoms in total. The van der Waals surface area contributed by atoms with Gasteiger partial charge >= 0.3 is 0 Å². The van der Waals surface area contributed by atoms with Gasteiger partial charge in [0.05, 0.1) is 12.3 Å². The molecule has 2 aliphatic heterocycles. The summed E-state index contributed by atoms with van der Waals surface area (Å²) in [6.45, 7) is 5.52. The molecule has 3 fully saturated rings. The zero-order valence-electron chi connectivity index (χ0n) is 16.5. The van der Waals surface area contributed by atoms with Gasteiger partial charge in [0.15, 0.2) is 5.13 Å². The molecule has 1 N–H and O–H groups in total. The molecule has 2 bridgehead atoms. The van der Waals surface area contributed by atoms with Gasteiger partial charge in [0.1, 0.15) is 4.88 Å². The normalized spacial score (nSPS) is 26.6. The highest BCUT2D eigenvalue weighted by molar-refractivity contribution is 7.17. The van der Waals surface area contributed by atoms with E-state index in [9.17, 15) is 9.90 Å². The smallest absolute Gasteiger partial charge is 0.265 e. The Labute approximate surface area is 164 Å². The van der Waals surface area contributed by atoms with Crippen molar-refractivity contribution in [3.63, 3.8) is 0 Å². The summed E-state index contributed by atoms with van der Waals surface area (Å²) in [6.07, 6.45) is 1.91. The Morgan fingerprint density at radius 1 is 1.26 bits per heavy atom. The topological polar surface area (TPSA) is 56.7 Å². The van der Waals surface area contributed by atoms with Crippen molar-refractivity contribution in [1.82, 2.24) is 9.88 Å². The van der Waals surface area contributed by atoms with E-state index < -0.39 is 0 Å². The molecule has 1 saturated carbocycles. The largest absolute Gasteiger partial charge is 0.396 e. The summed E-state index contributed by atoms with van der Waals surface area (Å²) in [5, 5.41) is 10.9. The molecule has 2 saturated heterocycles. The number of aliphatic hydroxyl groups excluding tert-OH is 1. The maximum atomic E-state index is 13.3. The number of amides is 1. The number of carbonyl (C=O) groups is 1. The first kappa shape index (κ1) is 18.4. The van der Waals surface area contributed by atoms with Crippen molar-refractivity contribution in [3.8, 4) is 0 Å². The van der Waals surface area contributed by atoms with E-state index in [0.29, 0.717) is 18.0 Å². The lowest BCUT2D eigenvalue weighted by atomic mass is 9.47. The third kappa shape index (κ3) is 2.86. The highest BCUT2D eigenvalue weighted by Gasteiger charge is 2.61. The zero-order valence-corrected chi connectivity index (χ0v) is 17.3. The molecule has 3 aliphatic rings. The monoisotopic (exact) mass is 385 g/mol. The van der Waals surface area contributed by atoms with Gasteiger partial charge < -0.3 is 14.9 Å². The first-order valence-corrected chi connectivity index (χ1v) is 10.2. The van der Waals surface area contributed by atoms with Crippen LogP contribution in [0.15, 0.2) is 24.3 Å². The predicted molar refractivity (Wildman–Crippen MR) is 109 cm³/mol. The number of hydrogen-bond donors (Lipinski definition) is 1. The van der Waals surface area contributed by atoms with Crippen molar-refractivity contribution in [2.24, 2.45) is 5.41 Å². The third-order valence-corrected chi connectivity index (χ3v) is 7.46. The van der Waals surface area contributed by atoms with Gasteiger partial charge in [-0.2, -0.15) is 0 Å². The molecule has 5 rings (SSSR count). The van der Waals surface area contributed by atoms with Crippen LogP contribution in [0.25, 0.3) is 0 Å². The summed E-state index contributed by atoms with van der Waals surface area (Å²) in [5.74, 6) is 0.0493. The van der Waals surface area contributed by atoms with Crippen LogP contribution in [-0.4, -0.2) is 54.7 Å². The maximum Gasteiger partial charge on any atom is 0.265 e. The van der Waals surface area contributed by atoms with Crippen molar-refractivity contribution in [2.75, 3.05) is 38.7 Å². The van der Waals surface area contributed by atoms with Crippen LogP contribution in [0, 0.1) is 19.3 Å². The number of carbonyl (C=O) groups excluding carboxylic acids is 1. The summed E-state index contributed by atoms with van der Waals surface area (Å²) >= 11 is 1.45. The second-order valence-corrected chi connectivity index (χ2v) is 9.55. The SMILES string of the molecule is Cc1ccccc1C12CN(C(=O)c3sc(N(C)C)nc3C)CC(CO)(C1)C2. The molecule has 1 aromatic heterocycles. The first-order valence-electron chi connectivity index (χ1n) is 9.40. The molecule has 6 heteroatoms. The Balaban J connectivity index is 1.67. The van der Waals surface area contributed by atoms with Gasteiger partial charge in [-0.3, -0.25) is 4.79 Å². The van der Waals surface area contributed by atoms with E-state index in [-0.39, 0.29) is 23.3 Å². The van der Waals surface area contributed by atoms with Crippen LogP contribution < -0.4 is 4.90 Å². The van der Waals surface area contributed by atoms with Gasteiger partial charge in [0.25, 0.3) is 5.91 Å². The Bertz CT molecular complexity index is 883. The number of benzene rings is 1. The Hall–Kier alpha value is -1.92. The van der Waals surface area contributed by atoms with Gasteiger partial charge in [-0.15, -0.1) is 0 Å². The molecule has 1 amide bonds. The average molecular weight is 386 g/mol. The number of anilines is 1. The lowest BCUT2D eigenvalue weighted by Gasteiger charge is -2.63. The van der Waals surface area contributed by atoms with E-state index >= 15 is 0 Å². The third-order valence-electron chi connectivity index (χ3n) is 6.15. The van der Waals surface area contributed by atoms with Gasteiger partial charge in [-0.25, -0.2) is 4.98 Å². The maximum absolute atomic E-state index is 13.3. The molecule has 1 aromatic carbocycles. The molecule has 0 radical (unpaired) electrons. The number of hydrogen-bond acceptors (Lipinski definition) is 5. The molecule has 3 heterocycles. The van der Waals surface area contributed by atoms with Crippen molar-refractivity contribution in [1.29, 1.82) is 0 Å². The summed E-state index contributed by atoms with van der Waals surface area (Å²) in [5.41, 5.74) is 3.17. The van der Waals surface area contributed by atoms with Gasteiger partial charge in [-0.05, 0) is 37.8 Å². The fraction of sp³-hybridized carbons (Fsp3) is 0.524. The van der Waals surface area contributed by atoms with Crippen molar-refractivity contribution in [3.05, 3.63) is 46.0 Å². The summed E-state index contributed by atoms with van der Waals surface area (Å²) in [4.78, 5) is 22.5. The average Bonchev–Trinajstić information content (AvgIpc) is 3.02. The molecule has 144 valence electrons. The molecular formula is C21H27N3O2S. The number of aryl methyl sites for hydroxylation is 2. The highest BCUT2D eigenvalue weighted by Crippen LogP contribution is 2.60. The van der Waals surface area contributed by atoms with Crippen molar-refractivity contribution in [2.45, 2.75) is 32.1 Å². The fourth-order valence-electron chi connectivity index (χ4n) is 5.10. The van der Waals surface area contributed by atoms with E-state index in [1.165, 1.54) is 22.5 Å². The highest BCUT2D eigenvalue weighted by atomic mass is 32.1. The first-order chi connectivity index (χ1) is 12.8. The predicted octanol–water partition coefficient (Wildman–Crippen LogP) is 2.99. The zero-order chi connectivity index (χ0) is 19.4. The van der Waals surface area contributed by atoms with Crippen LogP contribution in [0.2, 0.25) is 0 Å². The van der Waals surface area contributed by atoms with Crippen LogP contribution in [0.3, 0.4) is 0 Å². The Morgan fingerprint density at radius 2 is 1.96 bits per heavy atom. The molecule has 0 atom stereocenters. The second kappa shape index (κ2) is 6.31. The van der Waals surface area contributed by atoms with Crippen LogP contribution in [0.5, 0.6) is 0 Å². The van der Waals surface area contributed by atoms with E-state index in [1.807, 2.05) is 30.8 Å². The van der Waals surface area contributed by atoms with Crippen LogP contribution in [-0.2, 0) is 5.41 Å². The fourth-order valence-corrected chi connectivity index (χ4v) is 6.06. The van der Waals surface area contributed by atoms with E-state index in [0.717, 1.165) is 23.7 Å². The van der Waals surface area contributed by atoms with Gasteiger partial charge in [0.2, 0.25) is 0 Å². The summed E-state index contributed by atoms with van der Waals surface area (Å²) in [7, 11) is 3.88. The molecular weight excluding hydrogens is 358 g/mol. The Kier molecular flexibility index (Phi) is 4.31. The number of rotatable bonds is 4. The van der Waals surface area contributed by atoms with Crippen molar-refractivity contribution < 1.29 is 9.90 Å². The minimum Gasteiger partial charge on any atom is -0.396 e. The number of nitrogens with zero attached hydrogens (tertiary/aromatic N) is 3. The minimum absolute atomic E-state index is 0.0368. The number of aromatic nitrogens is 1. The number of thiazole rings is 1. The lowest BCUT2D eigenvalue weighted by molar-refractivity contribution is -0.101. The van der Waals surface area contributed by atoms with E-state index in [4.69, 9.17) is 0 Å². The Morgan fingerprint density at radius 3 is 2.56 bits per heavy atom. The minimum atomic E-state index is -0.167. The molecule has 0 spiro atoms. The van der Waals surface area contributed by atoms with E-state index in [1.54, 1.807) is 0 Å². The van der Waals surface area contributed by atoms with Gasteiger partial charge in [0, 0.05) is 38.0 Å². The van der Waals surface area contributed by atoms with Gasteiger partial charge in [-0.1, -0.05) is 35.6 Å². The van der Waals surface area contributed by atoms with E-state index in [2.05, 4.69) is 36.2 Å². The summed E-state index contributed by atoms with van der Waals surface area (Å²) in [6, 6.07) is 8.46. The quantitative estimate of drug-likeness (QED) is 0.879. The number of aliphatic hydroxyl groups is 1. The van der Waals surface area contributed by atoms with Crippen LogP contribution in [0.4, 0.5) is 5.13 Å². The standard InChI is InChI=1S/C21H27N3O2S/c1-14-7-5-6-8-16(14)21-9-20(10-21,13-25)11-24(12-21)18(26)17-15(2)22-19(27-17)23(3)4/h5-8,25H,9-13H2,1-4H3. The molecule has 2 aromatic rings. The molecule has 1 aliphatic carbocycles. The van der Waals surface area contributed by atoms with Crippen molar-refractivity contribution >= 4 is 22.4 Å². The summed E-state index contributed by atoms with van der Waals surface area (Å²) < 4.78 is 0. The molecule has 27 heavy (non-hydrogen) atoms.